The number of halogens is 2. The van der Waals surface area contributed by atoms with Crippen molar-refractivity contribution in [1.82, 2.24) is 10.2 Å². The van der Waals surface area contributed by atoms with Crippen LogP contribution in [-0.2, 0) is 0 Å². The molecule has 138 valence electrons. The minimum Gasteiger partial charge on any atom is -0.326 e. The zero-order valence-electron chi connectivity index (χ0n) is 14.8. The highest BCUT2D eigenvalue weighted by Gasteiger charge is 2.37. The maximum Gasteiger partial charge on any atom is 0.0426 e. The minimum atomic E-state index is 0.372. The summed E-state index contributed by atoms with van der Waals surface area (Å²) in [6, 6.07) is 15.4. The molecule has 0 aromatic heterocycles. The Hall–Kier alpha value is -1.10. The van der Waals surface area contributed by atoms with Crippen molar-refractivity contribution in [3.05, 3.63) is 58.1 Å². The van der Waals surface area contributed by atoms with Crippen LogP contribution < -0.4 is 11.1 Å². The van der Waals surface area contributed by atoms with Gasteiger partial charge in [0.1, 0.15) is 0 Å². The second-order valence-corrected chi connectivity index (χ2v) is 8.41. The van der Waals surface area contributed by atoms with Crippen molar-refractivity contribution in [3.8, 4) is 11.1 Å². The SMILES string of the molecule is NC1CCN(CCNC2CC2c2ccc(-c3cc(Cl)cc(Cl)c3)cc2)C1. The van der Waals surface area contributed by atoms with E-state index in [1.165, 1.54) is 12.0 Å². The standard InChI is InChI=1S/C21H25Cl2N3/c22-17-9-16(10-18(23)11-17)14-1-3-15(4-2-14)20-12-21(20)25-6-8-26-7-5-19(24)13-26/h1-4,9-11,19-21,25H,5-8,12-13,24H2. The highest BCUT2D eigenvalue weighted by molar-refractivity contribution is 6.35. The first-order valence-corrected chi connectivity index (χ1v) is 10.1. The second kappa shape index (κ2) is 7.87. The first kappa shape index (κ1) is 18.3. The maximum atomic E-state index is 6.11. The first-order chi connectivity index (χ1) is 12.6. The Morgan fingerprint density at radius 2 is 1.77 bits per heavy atom. The molecule has 1 saturated carbocycles. The largest absolute Gasteiger partial charge is 0.326 e. The van der Waals surface area contributed by atoms with Gasteiger partial charge < -0.3 is 16.0 Å². The van der Waals surface area contributed by atoms with Crippen molar-refractivity contribution >= 4 is 23.2 Å². The molecule has 2 aliphatic rings. The quantitative estimate of drug-likeness (QED) is 0.779. The van der Waals surface area contributed by atoms with Gasteiger partial charge in [0.2, 0.25) is 0 Å². The van der Waals surface area contributed by atoms with Crippen molar-refractivity contribution in [1.29, 1.82) is 0 Å². The van der Waals surface area contributed by atoms with Crippen LogP contribution in [0.1, 0.15) is 24.3 Å². The molecule has 4 rings (SSSR count). The van der Waals surface area contributed by atoms with E-state index >= 15 is 0 Å². The molecule has 3 atom stereocenters. The molecule has 0 radical (unpaired) electrons. The molecule has 0 amide bonds. The van der Waals surface area contributed by atoms with Gasteiger partial charge in [0.05, 0.1) is 0 Å². The van der Waals surface area contributed by atoms with Crippen LogP contribution in [0.3, 0.4) is 0 Å². The fourth-order valence-electron chi connectivity index (χ4n) is 3.91. The lowest BCUT2D eigenvalue weighted by molar-refractivity contribution is 0.331. The zero-order valence-corrected chi connectivity index (χ0v) is 16.3. The Labute approximate surface area is 165 Å². The first-order valence-electron chi connectivity index (χ1n) is 9.36. The fraction of sp³-hybridized carbons (Fsp3) is 0.429. The van der Waals surface area contributed by atoms with Crippen molar-refractivity contribution in [2.75, 3.05) is 26.2 Å². The lowest BCUT2D eigenvalue weighted by atomic mass is 10.0. The van der Waals surface area contributed by atoms with Crippen molar-refractivity contribution in [2.24, 2.45) is 5.73 Å². The highest BCUT2D eigenvalue weighted by atomic mass is 35.5. The molecule has 3 nitrogen and oxygen atoms in total. The molecular weight excluding hydrogens is 365 g/mol. The molecule has 0 spiro atoms. The molecule has 2 fully saturated rings. The van der Waals surface area contributed by atoms with Gasteiger partial charge in [-0.25, -0.2) is 0 Å². The van der Waals surface area contributed by atoms with E-state index in [2.05, 4.69) is 34.5 Å². The third-order valence-corrected chi connectivity index (χ3v) is 5.90. The molecule has 0 bridgehead atoms. The van der Waals surface area contributed by atoms with Crippen LogP contribution in [-0.4, -0.2) is 43.2 Å². The predicted octanol–water partition coefficient (Wildman–Crippen LogP) is 4.14. The third-order valence-electron chi connectivity index (χ3n) is 5.47. The van der Waals surface area contributed by atoms with E-state index in [1.54, 1.807) is 6.07 Å². The number of rotatable bonds is 6. The second-order valence-electron chi connectivity index (χ2n) is 7.53. The van der Waals surface area contributed by atoms with E-state index < -0.39 is 0 Å². The molecule has 1 aliphatic heterocycles. The van der Waals surface area contributed by atoms with E-state index in [-0.39, 0.29) is 0 Å². The van der Waals surface area contributed by atoms with Gasteiger partial charge in [-0.15, -0.1) is 0 Å². The molecule has 1 heterocycles. The Bertz CT molecular complexity index is 742. The summed E-state index contributed by atoms with van der Waals surface area (Å²) >= 11 is 12.2. The number of nitrogens with one attached hydrogen (secondary N) is 1. The lowest BCUT2D eigenvalue weighted by Gasteiger charge is -2.15. The summed E-state index contributed by atoms with van der Waals surface area (Å²) < 4.78 is 0. The van der Waals surface area contributed by atoms with Gasteiger partial charge in [-0.05, 0) is 54.3 Å². The van der Waals surface area contributed by atoms with E-state index in [0.29, 0.717) is 28.0 Å². The number of nitrogens with zero attached hydrogens (tertiary/aromatic N) is 1. The summed E-state index contributed by atoms with van der Waals surface area (Å²) in [4.78, 5) is 2.46. The van der Waals surface area contributed by atoms with Crippen LogP contribution in [0.25, 0.3) is 11.1 Å². The van der Waals surface area contributed by atoms with Gasteiger partial charge in [-0.3, -0.25) is 0 Å². The summed E-state index contributed by atoms with van der Waals surface area (Å²) in [6.45, 7) is 4.34. The number of likely N-dealkylation sites (tertiary alicyclic amines) is 1. The summed E-state index contributed by atoms with van der Waals surface area (Å²) in [6.07, 6.45) is 2.36. The Balaban J connectivity index is 1.29. The van der Waals surface area contributed by atoms with E-state index in [1.807, 2.05) is 12.1 Å². The number of benzene rings is 2. The van der Waals surface area contributed by atoms with Gasteiger partial charge in [0.15, 0.2) is 0 Å². The molecule has 2 aromatic rings. The fourth-order valence-corrected chi connectivity index (χ4v) is 4.43. The van der Waals surface area contributed by atoms with Crippen molar-refractivity contribution < 1.29 is 0 Å². The summed E-state index contributed by atoms with van der Waals surface area (Å²) in [5.74, 6) is 0.632. The maximum absolute atomic E-state index is 6.11. The van der Waals surface area contributed by atoms with Crippen LogP contribution in [0, 0.1) is 0 Å². The third kappa shape index (κ3) is 4.41. The van der Waals surface area contributed by atoms with Gasteiger partial charge in [-0.1, -0.05) is 47.5 Å². The summed E-state index contributed by atoms with van der Waals surface area (Å²) in [5, 5.41) is 5.03. The number of hydrogen-bond donors (Lipinski definition) is 2. The Morgan fingerprint density at radius 3 is 2.42 bits per heavy atom. The molecule has 26 heavy (non-hydrogen) atoms. The smallest absolute Gasteiger partial charge is 0.0426 e. The summed E-state index contributed by atoms with van der Waals surface area (Å²) in [5.41, 5.74) is 9.57. The molecule has 1 saturated heterocycles. The van der Waals surface area contributed by atoms with E-state index in [9.17, 15) is 0 Å². The summed E-state index contributed by atoms with van der Waals surface area (Å²) in [7, 11) is 0. The Kier molecular flexibility index (Phi) is 5.53. The van der Waals surface area contributed by atoms with Gasteiger partial charge in [0.25, 0.3) is 0 Å². The Morgan fingerprint density at radius 1 is 1.04 bits per heavy atom. The monoisotopic (exact) mass is 389 g/mol. The molecule has 2 aromatic carbocycles. The van der Waals surface area contributed by atoms with Crippen LogP contribution in [0.5, 0.6) is 0 Å². The highest BCUT2D eigenvalue weighted by Crippen LogP contribution is 2.41. The molecule has 3 unspecified atom stereocenters. The zero-order chi connectivity index (χ0) is 18.1. The number of nitrogens with two attached hydrogens (primary N) is 1. The normalized spacial score (nSPS) is 25.6. The topological polar surface area (TPSA) is 41.3 Å². The molecule has 5 heteroatoms. The number of hydrogen-bond acceptors (Lipinski definition) is 3. The lowest BCUT2D eigenvalue weighted by Crippen LogP contribution is -2.33. The minimum absolute atomic E-state index is 0.372. The van der Waals surface area contributed by atoms with E-state index in [0.717, 1.165) is 43.7 Å². The van der Waals surface area contributed by atoms with Crippen LogP contribution in [0.15, 0.2) is 42.5 Å². The van der Waals surface area contributed by atoms with Crippen molar-refractivity contribution in [3.63, 3.8) is 0 Å². The average molecular weight is 390 g/mol. The van der Waals surface area contributed by atoms with Gasteiger partial charge in [0, 0.05) is 47.7 Å². The van der Waals surface area contributed by atoms with Crippen LogP contribution in [0.2, 0.25) is 10.0 Å². The predicted molar refractivity (Wildman–Crippen MR) is 110 cm³/mol. The van der Waals surface area contributed by atoms with E-state index in [4.69, 9.17) is 28.9 Å². The van der Waals surface area contributed by atoms with Crippen LogP contribution in [0.4, 0.5) is 0 Å². The van der Waals surface area contributed by atoms with Crippen molar-refractivity contribution in [2.45, 2.75) is 30.8 Å². The van der Waals surface area contributed by atoms with Gasteiger partial charge in [-0.2, -0.15) is 0 Å². The molecular formula is C21H25Cl2N3. The van der Waals surface area contributed by atoms with Crippen LogP contribution >= 0.6 is 23.2 Å². The van der Waals surface area contributed by atoms with Gasteiger partial charge >= 0.3 is 0 Å². The molecule has 3 N–H and O–H groups in total. The molecule has 1 aliphatic carbocycles. The average Bonchev–Trinajstić information content (AvgIpc) is 3.27.